The Morgan fingerprint density at radius 2 is 1.78 bits per heavy atom. The molecule has 0 aliphatic carbocycles. The van der Waals surface area contributed by atoms with Crippen molar-refractivity contribution in [1.82, 2.24) is 0 Å². The first-order valence-electron chi connectivity index (χ1n) is 3.79. The van der Waals surface area contributed by atoms with Crippen LogP contribution < -0.4 is 5.73 Å². The highest BCUT2D eigenvalue weighted by molar-refractivity contribution is 6.57. The maximum atomic E-state index is 5.82. The maximum absolute atomic E-state index is 5.82. The van der Waals surface area contributed by atoms with E-state index in [1.165, 1.54) is 0 Å². The van der Waals surface area contributed by atoms with Crippen LogP contribution in [0.3, 0.4) is 0 Å². The van der Waals surface area contributed by atoms with Gasteiger partial charge >= 0.3 is 0 Å². The molecule has 0 aromatic carbocycles. The second-order valence-corrected chi connectivity index (χ2v) is 3.54. The van der Waals surface area contributed by atoms with Crippen molar-refractivity contribution in [2.75, 3.05) is 0 Å². The molecular weight excluding hydrogens is 109 g/mol. The fraction of sp³-hybridized carbons (Fsp3) is 1.00. The number of hydrogen-bond acceptors (Lipinski definition) is 1. The van der Waals surface area contributed by atoms with Crippen LogP contribution in [0.1, 0.15) is 20.3 Å². The van der Waals surface area contributed by atoms with Crippen LogP contribution >= 0.6 is 0 Å². The van der Waals surface area contributed by atoms with Crippen molar-refractivity contribution in [2.24, 2.45) is 11.7 Å². The molecule has 2 heteroatoms. The van der Waals surface area contributed by atoms with Crippen molar-refractivity contribution in [2.45, 2.75) is 39.9 Å². The molecule has 0 aliphatic heterocycles. The van der Waals surface area contributed by atoms with Gasteiger partial charge in [0.05, 0.1) is 0 Å². The monoisotopic (exact) mass is 127 g/mol. The van der Waals surface area contributed by atoms with Crippen molar-refractivity contribution in [1.29, 1.82) is 0 Å². The molecule has 0 saturated carbocycles. The van der Waals surface area contributed by atoms with Crippen LogP contribution in [-0.4, -0.2) is 12.7 Å². The Kier molecular flexibility index (Phi) is 3.95. The fourth-order valence-corrected chi connectivity index (χ4v) is 0.816. The Balaban J connectivity index is 3.38. The van der Waals surface area contributed by atoms with Crippen molar-refractivity contribution >= 4 is 6.71 Å². The smallest absolute Gasteiger partial charge is 0.153 e. The van der Waals surface area contributed by atoms with E-state index in [2.05, 4.69) is 27.5 Å². The molecule has 0 heterocycles. The number of nitrogens with two attached hydrogens (primary N) is 1. The van der Waals surface area contributed by atoms with Gasteiger partial charge in [-0.2, -0.15) is 0 Å². The highest BCUT2D eigenvalue weighted by atomic mass is 14.6. The average Bonchev–Trinajstić information content (AvgIpc) is 1.63. The van der Waals surface area contributed by atoms with E-state index in [1.54, 1.807) is 0 Å². The fourth-order valence-electron chi connectivity index (χ4n) is 0.816. The summed E-state index contributed by atoms with van der Waals surface area (Å²) in [7, 11) is 0. The summed E-state index contributed by atoms with van der Waals surface area (Å²) in [6, 6.07) is 0. The zero-order chi connectivity index (χ0) is 7.44. The standard InChI is InChI=1S/C7H18BN/c1-6(2)5-7(9)8(3)4/h6-7H,5,9H2,1-4H3. The highest BCUT2D eigenvalue weighted by Gasteiger charge is 2.11. The SMILES string of the molecule is CB(C)C(N)CC(C)C. The van der Waals surface area contributed by atoms with Crippen molar-refractivity contribution in [3.8, 4) is 0 Å². The molecule has 1 atom stereocenters. The van der Waals surface area contributed by atoms with Gasteiger partial charge in [-0.15, -0.1) is 0 Å². The van der Waals surface area contributed by atoms with Gasteiger partial charge in [0.25, 0.3) is 0 Å². The molecule has 0 fully saturated rings. The van der Waals surface area contributed by atoms with Gasteiger partial charge < -0.3 is 5.73 Å². The molecule has 54 valence electrons. The lowest BCUT2D eigenvalue weighted by molar-refractivity contribution is 0.565. The van der Waals surface area contributed by atoms with Crippen LogP contribution in [0.2, 0.25) is 13.6 Å². The van der Waals surface area contributed by atoms with Gasteiger partial charge in [0.2, 0.25) is 0 Å². The minimum absolute atomic E-state index is 0.394. The first kappa shape index (κ1) is 9.02. The van der Waals surface area contributed by atoms with Crippen molar-refractivity contribution in [3.63, 3.8) is 0 Å². The zero-order valence-corrected chi connectivity index (χ0v) is 7.02. The van der Waals surface area contributed by atoms with Gasteiger partial charge in [-0.25, -0.2) is 0 Å². The number of rotatable bonds is 3. The zero-order valence-electron chi connectivity index (χ0n) is 7.02. The van der Waals surface area contributed by atoms with Crippen LogP contribution in [0.4, 0.5) is 0 Å². The third-order valence-corrected chi connectivity index (χ3v) is 1.60. The molecule has 0 bridgehead atoms. The molecule has 1 nitrogen and oxygen atoms in total. The molecule has 0 rings (SSSR count). The minimum atomic E-state index is 0.394. The first-order chi connectivity index (χ1) is 4.04. The summed E-state index contributed by atoms with van der Waals surface area (Å²) < 4.78 is 0. The predicted molar refractivity (Wildman–Crippen MR) is 44.9 cm³/mol. The largest absolute Gasteiger partial charge is 0.335 e. The third-order valence-electron chi connectivity index (χ3n) is 1.60. The summed E-state index contributed by atoms with van der Waals surface area (Å²) in [6.07, 6.45) is 1.15. The maximum Gasteiger partial charge on any atom is 0.153 e. The van der Waals surface area contributed by atoms with E-state index >= 15 is 0 Å². The van der Waals surface area contributed by atoms with E-state index < -0.39 is 0 Å². The Bertz CT molecular complexity index is 71.3. The molecule has 0 amide bonds. The molecule has 0 radical (unpaired) electrons. The molecule has 2 N–H and O–H groups in total. The average molecular weight is 127 g/mol. The van der Waals surface area contributed by atoms with E-state index in [4.69, 9.17) is 5.73 Å². The highest BCUT2D eigenvalue weighted by Crippen LogP contribution is 2.04. The molecule has 0 aliphatic rings. The summed E-state index contributed by atoms with van der Waals surface area (Å²) in [6.45, 7) is 9.40. The Labute approximate surface area is 59.1 Å². The topological polar surface area (TPSA) is 26.0 Å². The lowest BCUT2D eigenvalue weighted by atomic mass is 9.47. The van der Waals surface area contributed by atoms with Crippen molar-refractivity contribution in [3.05, 3.63) is 0 Å². The quantitative estimate of drug-likeness (QED) is 0.573. The summed E-state index contributed by atoms with van der Waals surface area (Å²) in [5.41, 5.74) is 5.82. The second kappa shape index (κ2) is 3.94. The van der Waals surface area contributed by atoms with Crippen molar-refractivity contribution < 1.29 is 0 Å². The van der Waals surface area contributed by atoms with Crippen LogP contribution in [0.5, 0.6) is 0 Å². The molecule has 0 spiro atoms. The van der Waals surface area contributed by atoms with E-state index in [1.807, 2.05) is 0 Å². The minimum Gasteiger partial charge on any atom is -0.335 e. The summed E-state index contributed by atoms with van der Waals surface area (Å²) >= 11 is 0. The van der Waals surface area contributed by atoms with E-state index in [0.717, 1.165) is 12.3 Å². The molecule has 0 saturated heterocycles. The van der Waals surface area contributed by atoms with E-state index in [-0.39, 0.29) is 0 Å². The molecule has 1 unspecified atom stereocenters. The lowest BCUT2D eigenvalue weighted by Crippen LogP contribution is -2.34. The molecule has 0 aromatic heterocycles. The van der Waals surface area contributed by atoms with Gasteiger partial charge in [-0.1, -0.05) is 27.5 Å². The Hall–Kier alpha value is 0.0249. The Morgan fingerprint density at radius 3 is 1.89 bits per heavy atom. The van der Waals surface area contributed by atoms with Gasteiger partial charge in [0.15, 0.2) is 6.71 Å². The molecule has 0 aromatic rings. The first-order valence-corrected chi connectivity index (χ1v) is 3.79. The van der Waals surface area contributed by atoms with Crippen LogP contribution in [0.15, 0.2) is 0 Å². The van der Waals surface area contributed by atoms with Gasteiger partial charge in [0, 0.05) is 0 Å². The Morgan fingerprint density at radius 1 is 1.33 bits per heavy atom. The van der Waals surface area contributed by atoms with Gasteiger partial charge in [0.1, 0.15) is 0 Å². The molecule has 9 heavy (non-hydrogen) atoms. The predicted octanol–water partition coefficient (Wildman–Crippen LogP) is 1.65. The van der Waals surface area contributed by atoms with Crippen LogP contribution in [-0.2, 0) is 0 Å². The third kappa shape index (κ3) is 4.52. The van der Waals surface area contributed by atoms with E-state index in [0.29, 0.717) is 12.7 Å². The van der Waals surface area contributed by atoms with Gasteiger partial charge in [-0.3, -0.25) is 0 Å². The van der Waals surface area contributed by atoms with E-state index in [9.17, 15) is 0 Å². The second-order valence-electron chi connectivity index (χ2n) is 3.54. The summed E-state index contributed by atoms with van der Waals surface area (Å²) in [5.74, 6) is 1.13. The normalized spacial score (nSPS) is 14.0. The molecular formula is C7H18BN. The number of hydrogen-bond donors (Lipinski definition) is 1. The summed E-state index contributed by atoms with van der Waals surface area (Å²) in [4.78, 5) is 0. The van der Waals surface area contributed by atoms with Crippen LogP contribution in [0.25, 0.3) is 0 Å². The van der Waals surface area contributed by atoms with Gasteiger partial charge in [-0.05, 0) is 18.3 Å². The lowest BCUT2D eigenvalue weighted by Gasteiger charge is -2.14. The van der Waals surface area contributed by atoms with Crippen LogP contribution in [0, 0.1) is 5.92 Å². The summed E-state index contributed by atoms with van der Waals surface area (Å²) in [5, 5.41) is 0.